The standard InChI is InChI=1S/C7H17NO/c1-4-7(3,6-8)9-5-2/h4-6,8H2,1-3H3. The van der Waals surface area contributed by atoms with Gasteiger partial charge in [0.1, 0.15) is 0 Å². The molecule has 1 atom stereocenters. The van der Waals surface area contributed by atoms with Gasteiger partial charge >= 0.3 is 0 Å². The molecule has 56 valence electrons. The largest absolute Gasteiger partial charge is 0.374 e. The molecule has 0 aliphatic rings. The van der Waals surface area contributed by atoms with Crippen molar-refractivity contribution < 1.29 is 4.74 Å². The first kappa shape index (κ1) is 8.92. The van der Waals surface area contributed by atoms with E-state index in [-0.39, 0.29) is 5.60 Å². The predicted molar refractivity (Wildman–Crippen MR) is 39.4 cm³/mol. The molecule has 0 bridgehead atoms. The minimum absolute atomic E-state index is 0.0885. The molecule has 0 saturated heterocycles. The zero-order valence-electron chi connectivity index (χ0n) is 6.61. The highest BCUT2D eigenvalue weighted by molar-refractivity contribution is 4.73. The third-order valence-electron chi connectivity index (χ3n) is 1.67. The minimum atomic E-state index is -0.0885. The van der Waals surface area contributed by atoms with Crippen LogP contribution in [0.2, 0.25) is 0 Å². The molecule has 2 nitrogen and oxygen atoms in total. The summed E-state index contributed by atoms with van der Waals surface area (Å²) in [6, 6.07) is 0. The summed E-state index contributed by atoms with van der Waals surface area (Å²) in [6.45, 7) is 7.47. The van der Waals surface area contributed by atoms with E-state index in [1.807, 2.05) is 13.8 Å². The summed E-state index contributed by atoms with van der Waals surface area (Å²) in [5.74, 6) is 0. The van der Waals surface area contributed by atoms with Crippen LogP contribution in [0.25, 0.3) is 0 Å². The monoisotopic (exact) mass is 131 g/mol. The molecule has 0 rings (SSSR count). The molecule has 0 aromatic carbocycles. The van der Waals surface area contributed by atoms with Crippen LogP contribution >= 0.6 is 0 Å². The molecule has 0 spiro atoms. The lowest BCUT2D eigenvalue weighted by molar-refractivity contribution is -0.0201. The van der Waals surface area contributed by atoms with Crippen LogP contribution < -0.4 is 5.73 Å². The van der Waals surface area contributed by atoms with Gasteiger partial charge in [-0.05, 0) is 20.3 Å². The van der Waals surface area contributed by atoms with Crippen LogP contribution in [-0.4, -0.2) is 18.8 Å². The Balaban J connectivity index is 3.62. The molecule has 0 aliphatic heterocycles. The first-order valence-electron chi connectivity index (χ1n) is 3.52. The highest BCUT2D eigenvalue weighted by Crippen LogP contribution is 2.11. The molecule has 9 heavy (non-hydrogen) atoms. The Morgan fingerprint density at radius 2 is 2.00 bits per heavy atom. The number of nitrogens with two attached hydrogens (primary N) is 1. The Morgan fingerprint density at radius 3 is 2.11 bits per heavy atom. The second-order valence-corrected chi connectivity index (χ2v) is 2.44. The maximum Gasteiger partial charge on any atom is 0.0773 e. The van der Waals surface area contributed by atoms with Gasteiger partial charge in [0.2, 0.25) is 0 Å². The van der Waals surface area contributed by atoms with Crippen molar-refractivity contribution in [1.82, 2.24) is 0 Å². The Kier molecular flexibility index (Phi) is 3.82. The van der Waals surface area contributed by atoms with Crippen molar-refractivity contribution in [3.05, 3.63) is 0 Å². The van der Waals surface area contributed by atoms with E-state index >= 15 is 0 Å². The van der Waals surface area contributed by atoms with Crippen LogP contribution in [0.1, 0.15) is 27.2 Å². The second-order valence-electron chi connectivity index (χ2n) is 2.44. The molecule has 0 saturated carbocycles. The molecule has 0 aromatic heterocycles. The summed E-state index contributed by atoms with van der Waals surface area (Å²) >= 11 is 0. The van der Waals surface area contributed by atoms with Gasteiger partial charge in [0.15, 0.2) is 0 Å². The fourth-order valence-corrected chi connectivity index (χ4v) is 0.654. The molecule has 0 aromatic rings. The Labute approximate surface area is 57.4 Å². The van der Waals surface area contributed by atoms with Crippen molar-refractivity contribution in [2.45, 2.75) is 32.8 Å². The lowest BCUT2D eigenvalue weighted by Gasteiger charge is -2.25. The molecule has 0 radical (unpaired) electrons. The molecule has 0 fully saturated rings. The van der Waals surface area contributed by atoms with E-state index in [1.54, 1.807) is 0 Å². The average molecular weight is 131 g/mol. The number of ether oxygens (including phenoxy) is 1. The Morgan fingerprint density at radius 1 is 1.44 bits per heavy atom. The second kappa shape index (κ2) is 3.85. The highest BCUT2D eigenvalue weighted by atomic mass is 16.5. The van der Waals surface area contributed by atoms with E-state index in [9.17, 15) is 0 Å². The molecule has 2 heteroatoms. The molecule has 0 heterocycles. The fraction of sp³-hybridized carbons (Fsp3) is 1.00. The van der Waals surface area contributed by atoms with Gasteiger partial charge in [-0.3, -0.25) is 0 Å². The van der Waals surface area contributed by atoms with E-state index in [4.69, 9.17) is 10.5 Å². The van der Waals surface area contributed by atoms with E-state index in [0.29, 0.717) is 6.54 Å². The van der Waals surface area contributed by atoms with Crippen LogP contribution in [0.4, 0.5) is 0 Å². The summed E-state index contributed by atoms with van der Waals surface area (Å²) < 4.78 is 5.40. The quantitative estimate of drug-likeness (QED) is 0.621. The fourth-order valence-electron chi connectivity index (χ4n) is 0.654. The topological polar surface area (TPSA) is 35.2 Å². The molecule has 2 N–H and O–H groups in total. The van der Waals surface area contributed by atoms with E-state index in [2.05, 4.69) is 6.92 Å². The lowest BCUT2D eigenvalue weighted by atomic mass is 10.0. The van der Waals surface area contributed by atoms with Crippen LogP contribution in [0.3, 0.4) is 0 Å². The summed E-state index contributed by atoms with van der Waals surface area (Å²) in [4.78, 5) is 0. The van der Waals surface area contributed by atoms with Crippen molar-refractivity contribution in [1.29, 1.82) is 0 Å². The first-order chi connectivity index (χ1) is 4.18. The smallest absolute Gasteiger partial charge is 0.0773 e. The van der Waals surface area contributed by atoms with Gasteiger partial charge in [0.05, 0.1) is 5.60 Å². The van der Waals surface area contributed by atoms with Crippen molar-refractivity contribution in [3.63, 3.8) is 0 Å². The SMILES string of the molecule is CCOC(C)(CC)CN. The van der Waals surface area contributed by atoms with E-state index in [1.165, 1.54) is 0 Å². The van der Waals surface area contributed by atoms with Gasteiger partial charge < -0.3 is 10.5 Å². The van der Waals surface area contributed by atoms with Crippen molar-refractivity contribution in [2.24, 2.45) is 5.73 Å². The number of hydrogen-bond acceptors (Lipinski definition) is 2. The first-order valence-corrected chi connectivity index (χ1v) is 3.52. The maximum atomic E-state index is 5.48. The summed E-state index contributed by atoms with van der Waals surface area (Å²) in [6.07, 6.45) is 0.983. The van der Waals surface area contributed by atoms with Gasteiger partial charge in [-0.15, -0.1) is 0 Å². The molecule has 0 amide bonds. The molecule has 1 unspecified atom stereocenters. The zero-order valence-corrected chi connectivity index (χ0v) is 6.61. The summed E-state index contributed by atoms with van der Waals surface area (Å²) in [7, 11) is 0. The average Bonchev–Trinajstić information content (AvgIpc) is 1.89. The number of hydrogen-bond donors (Lipinski definition) is 1. The summed E-state index contributed by atoms with van der Waals surface area (Å²) in [5.41, 5.74) is 5.39. The number of rotatable bonds is 4. The Hall–Kier alpha value is -0.0800. The molecular weight excluding hydrogens is 114 g/mol. The minimum Gasteiger partial charge on any atom is -0.374 e. The van der Waals surface area contributed by atoms with Gasteiger partial charge in [-0.1, -0.05) is 6.92 Å². The Bertz CT molecular complexity index is 69.3. The molecule has 0 aliphatic carbocycles. The summed E-state index contributed by atoms with van der Waals surface area (Å²) in [5, 5.41) is 0. The maximum absolute atomic E-state index is 5.48. The lowest BCUT2D eigenvalue weighted by Crippen LogP contribution is -2.36. The van der Waals surface area contributed by atoms with Crippen LogP contribution in [0, 0.1) is 0 Å². The van der Waals surface area contributed by atoms with Gasteiger partial charge in [-0.25, -0.2) is 0 Å². The van der Waals surface area contributed by atoms with Crippen LogP contribution in [0.15, 0.2) is 0 Å². The van der Waals surface area contributed by atoms with Gasteiger partial charge in [0, 0.05) is 13.2 Å². The van der Waals surface area contributed by atoms with Crippen LogP contribution in [0.5, 0.6) is 0 Å². The van der Waals surface area contributed by atoms with Gasteiger partial charge in [-0.2, -0.15) is 0 Å². The third kappa shape index (κ3) is 2.82. The van der Waals surface area contributed by atoms with Crippen molar-refractivity contribution in [3.8, 4) is 0 Å². The zero-order chi connectivity index (χ0) is 7.33. The van der Waals surface area contributed by atoms with Gasteiger partial charge in [0.25, 0.3) is 0 Å². The van der Waals surface area contributed by atoms with E-state index in [0.717, 1.165) is 13.0 Å². The predicted octanol–water partition coefficient (Wildman–Crippen LogP) is 1.15. The van der Waals surface area contributed by atoms with E-state index < -0.39 is 0 Å². The van der Waals surface area contributed by atoms with Crippen molar-refractivity contribution >= 4 is 0 Å². The normalized spacial score (nSPS) is 17.3. The molecular formula is C7H17NO. The highest BCUT2D eigenvalue weighted by Gasteiger charge is 2.18. The third-order valence-corrected chi connectivity index (χ3v) is 1.67. The van der Waals surface area contributed by atoms with Crippen LogP contribution in [-0.2, 0) is 4.74 Å². The van der Waals surface area contributed by atoms with Crippen molar-refractivity contribution in [2.75, 3.05) is 13.2 Å².